The topological polar surface area (TPSA) is 49.4 Å². The molecule has 1 N–H and O–H groups in total. The third-order valence-corrected chi connectivity index (χ3v) is 3.91. The minimum absolute atomic E-state index is 0.123. The molecule has 0 bridgehead atoms. The Morgan fingerprint density at radius 2 is 2.30 bits per heavy atom. The minimum atomic E-state index is -0.458. The lowest BCUT2D eigenvalue weighted by atomic mass is 10.2. The highest BCUT2D eigenvalue weighted by Crippen LogP contribution is 2.18. The highest BCUT2D eigenvalue weighted by atomic mass is 79.9. The number of amides is 2. The van der Waals surface area contributed by atoms with Gasteiger partial charge < -0.3 is 10.2 Å². The van der Waals surface area contributed by atoms with E-state index in [2.05, 4.69) is 21.2 Å². The summed E-state index contributed by atoms with van der Waals surface area (Å²) in [6.45, 7) is 3.05. The summed E-state index contributed by atoms with van der Waals surface area (Å²) in [7, 11) is 0. The number of halogens is 2. The fraction of sp³-hybridized carbons (Fsp3) is 0.429. The average molecular weight is 343 g/mol. The number of benzene rings is 1. The molecule has 2 amide bonds. The van der Waals surface area contributed by atoms with Crippen molar-refractivity contribution in [2.45, 2.75) is 25.8 Å². The van der Waals surface area contributed by atoms with Gasteiger partial charge in [-0.3, -0.25) is 9.59 Å². The van der Waals surface area contributed by atoms with Gasteiger partial charge in [0.25, 0.3) is 5.91 Å². The Labute approximate surface area is 125 Å². The number of nitrogens with zero attached hydrogens (tertiary/aromatic N) is 1. The molecule has 4 nitrogen and oxygen atoms in total. The van der Waals surface area contributed by atoms with Crippen LogP contribution in [-0.4, -0.2) is 35.8 Å². The van der Waals surface area contributed by atoms with Gasteiger partial charge in [0, 0.05) is 30.0 Å². The molecule has 1 aliphatic heterocycles. The maximum absolute atomic E-state index is 13.2. The van der Waals surface area contributed by atoms with Gasteiger partial charge in [0.15, 0.2) is 0 Å². The Bertz CT molecular complexity index is 536. The van der Waals surface area contributed by atoms with E-state index in [0.717, 1.165) is 13.0 Å². The van der Waals surface area contributed by atoms with Gasteiger partial charge >= 0.3 is 0 Å². The van der Waals surface area contributed by atoms with Crippen molar-refractivity contribution in [3.05, 3.63) is 34.1 Å². The lowest BCUT2D eigenvalue weighted by Gasteiger charge is -2.21. The number of hydrogen-bond acceptors (Lipinski definition) is 2. The standard InChI is InChI=1S/C14H16BrFN2O2/c1-9(8-18-6-2-3-13(18)19)17-14(20)11-7-10(16)4-5-12(11)15/h4-5,7,9H,2-3,6,8H2,1H3,(H,17,20). The second-order valence-electron chi connectivity index (χ2n) is 4.94. The molecule has 1 aliphatic rings. The van der Waals surface area contributed by atoms with Crippen molar-refractivity contribution in [1.82, 2.24) is 10.2 Å². The summed E-state index contributed by atoms with van der Waals surface area (Å²) in [6, 6.07) is 3.79. The number of likely N-dealkylation sites (tertiary alicyclic amines) is 1. The maximum atomic E-state index is 13.2. The molecule has 1 aromatic carbocycles. The zero-order chi connectivity index (χ0) is 14.7. The Balaban J connectivity index is 1.96. The maximum Gasteiger partial charge on any atom is 0.252 e. The molecule has 0 radical (unpaired) electrons. The summed E-state index contributed by atoms with van der Waals surface area (Å²) < 4.78 is 13.7. The molecular formula is C14H16BrFN2O2. The lowest BCUT2D eigenvalue weighted by molar-refractivity contribution is -0.127. The SMILES string of the molecule is CC(CN1CCCC1=O)NC(=O)c1cc(F)ccc1Br. The van der Waals surface area contributed by atoms with Crippen LogP contribution in [0.3, 0.4) is 0 Å². The summed E-state index contributed by atoms with van der Waals surface area (Å²) >= 11 is 3.23. The highest BCUT2D eigenvalue weighted by Gasteiger charge is 2.23. The van der Waals surface area contributed by atoms with Gasteiger partial charge in [0.1, 0.15) is 5.82 Å². The fourth-order valence-corrected chi connectivity index (χ4v) is 2.67. The second-order valence-corrected chi connectivity index (χ2v) is 5.80. The van der Waals surface area contributed by atoms with Crippen LogP contribution >= 0.6 is 15.9 Å². The van der Waals surface area contributed by atoms with E-state index >= 15 is 0 Å². The summed E-state index contributed by atoms with van der Waals surface area (Å²) in [5.74, 6) is -0.686. The van der Waals surface area contributed by atoms with Gasteiger partial charge in [-0.15, -0.1) is 0 Å². The van der Waals surface area contributed by atoms with Crippen molar-refractivity contribution in [3.63, 3.8) is 0 Å². The molecule has 1 fully saturated rings. The van der Waals surface area contributed by atoms with Crippen molar-refractivity contribution in [1.29, 1.82) is 0 Å². The summed E-state index contributed by atoms with van der Waals surface area (Å²) in [5.41, 5.74) is 0.254. The zero-order valence-corrected chi connectivity index (χ0v) is 12.7. The van der Waals surface area contributed by atoms with Crippen LogP contribution < -0.4 is 5.32 Å². The zero-order valence-electron chi connectivity index (χ0n) is 11.2. The van der Waals surface area contributed by atoms with E-state index in [9.17, 15) is 14.0 Å². The Hall–Kier alpha value is -1.43. The Kier molecular flexibility index (Phi) is 4.75. The van der Waals surface area contributed by atoms with E-state index in [1.807, 2.05) is 6.92 Å². The molecule has 1 heterocycles. The molecule has 1 saturated heterocycles. The number of carbonyl (C=O) groups excluding carboxylic acids is 2. The lowest BCUT2D eigenvalue weighted by Crippen LogP contribution is -2.42. The van der Waals surface area contributed by atoms with E-state index in [0.29, 0.717) is 17.4 Å². The van der Waals surface area contributed by atoms with Gasteiger partial charge in [-0.25, -0.2) is 4.39 Å². The monoisotopic (exact) mass is 342 g/mol. The van der Waals surface area contributed by atoms with Crippen molar-refractivity contribution < 1.29 is 14.0 Å². The summed E-state index contributed by atoms with van der Waals surface area (Å²) in [4.78, 5) is 25.3. The molecule has 0 spiro atoms. The molecular weight excluding hydrogens is 327 g/mol. The van der Waals surface area contributed by atoms with Crippen LogP contribution in [0.5, 0.6) is 0 Å². The van der Waals surface area contributed by atoms with Crippen LogP contribution in [0.1, 0.15) is 30.1 Å². The van der Waals surface area contributed by atoms with Crippen LogP contribution in [-0.2, 0) is 4.79 Å². The molecule has 108 valence electrons. The molecule has 6 heteroatoms. The van der Waals surface area contributed by atoms with Crippen molar-refractivity contribution in [2.75, 3.05) is 13.1 Å². The number of carbonyl (C=O) groups is 2. The molecule has 1 aromatic rings. The molecule has 1 atom stereocenters. The van der Waals surface area contributed by atoms with E-state index in [-0.39, 0.29) is 23.4 Å². The Morgan fingerprint density at radius 1 is 1.55 bits per heavy atom. The average Bonchev–Trinajstić information content (AvgIpc) is 2.77. The molecule has 0 aromatic heterocycles. The van der Waals surface area contributed by atoms with Crippen LogP contribution in [0, 0.1) is 5.82 Å². The van der Waals surface area contributed by atoms with Crippen LogP contribution in [0.15, 0.2) is 22.7 Å². The number of rotatable bonds is 4. The molecule has 0 aliphatic carbocycles. The van der Waals surface area contributed by atoms with Crippen molar-refractivity contribution >= 4 is 27.7 Å². The van der Waals surface area contributed by atoms with Gasteiger partial charge in [-0.2, -0.15) is 0 Å². The largest absolute Gasteiger partial charge is 0.348 e. The molecule has 0 saturated carbocycles. The quantitative estimate of drug-likeness (QED) is 0.912. The fourth-order valence-electron chi connectivity index (χ4n) is 2.25. The summed E-state index contributed by atoms with van der Waals surface area (Å²) in [6.07, 6.45) is 1.45. The first-order chi connectivity index (χ1) is 9.47. The van der Waals surface area contributed by atoms with Crippen molar-refractivity contribution in [2.24, 2.45) is 0 Å². The number of hydrogen-bond donors (Lipinski definition) is 1. The van der Waals surface area contributed by atoms with E-state index in [1.165, 1.54) is 18.2 Å². The first-order valence-corrected chi connectivity index (χ1v) is 7.30. The summed E-state index contributed by atoms with van der Waals surface area (Å²) in [5, 5.41) is 2.78. The van der Waals surface area contributed by atoms with Gasteiger partial charge in [-0.05, 0) is 47.5 Å². The van der Waals surface area contributed by atoms with Gasteiger partial charge in [-0.1, -0.05) is 0 Å². The number of nitrogens with one attached hydrogen (secondary N) is 1. The third-order valence-electron chi connectivity index (χ3n) is 3.22. The highest BCUT2D eigenvalue weighted by molar-refractivity contribution is 9.10. The van der Waals surface area contributed by atoms with E-state index in [4.69, 9.17) is 0 Å². The van der Waals surface area contributed by atoms with Gasteiger partial charge in [0.05, 0.1) is 5.56 Å². The first-order valence-electron chi connectivity index (χ1n) is 6.51. The van der Waals surface area contributed by atoms with E-state index in [1.54, 1.807) is 4.90 Å². The van der Waals surface area contributed by atoms with Crippen LogP contribution in [0.4, 0.5) is 4.39 Å². The molecule has 1 unspecified atom stereocenters. The van der Waals surface area contributed by atoms with Crippen molar-refractivity contribution in [3.8, 4) is 0 Å². The predicted molar refractivity (Wildman–Crippen MR) is 76.8 cm³/mol. The molecule has 20 heavy (non-hydrogen) atoms. The van der Waals surface area contributed by atoms with Crippen LogP contribution in [0.2, 0.25) is 0 Å². The normalized spacial score (nSPS) is 16.4. The second kappa shape index (κ2) is 6.35. The van der Waals surface area contributed by atoms with Crippen LogP contribution in [0.25, 0.3) is 0 Å². The third kappa shape index (κ3) is 3.56. The predicted octanol–water partition coefficient (Wildman–Crippen LogP) is 2.33. The van der Waals surface area contributed by atoms with Gasteiger partial charge in [0.2, 0.25) is 5.91 Å². The minimum Gasteiger partial charge on any atom is -0.348 e. The van der Waals surface area contributed by atoms with E-state index < -0.39 is 5.82 Å². The smallest absolute Gasteiger partial charge is 0.252 e. The molecule has 2 rings (SSSR count). The Morgan fingerprint density at radius 3 is 2.95 bits per heavy atom. The first kappa shape index (κ1) is 15.0.